The second kappa shape index (κ2) is 16.1. The highest BCUT2D eigenvalue weighted by Gasteiger charge is 2.39. The number of nitrogens with zero attached hydrogens (tertiary/aromatic N) is 5. The molecule has 3 aromatic heterocycles. The Morgan fingerprint density at radius 1 is 0.750 bits per heavy atom. The number of H-pyrrole nitrogens is 2. The number of methoxy groups -OCH3 is 2. The van der Waals surface area contributed by atoms with Gasteiger partial charge in [0.2, 0.25) is 11.8 Å². The minimum absolute atomic E-state index is 0.00305. The molecule has 2 aliphatic heterocycles. The Hall–Kier alpha value is -5.79. The van der Waals surface area contributed by atoms with Crippen LogP contribution in [0.5, 0.6) is 0 Å². The zero-order chi connectivity index (χ0) is 39.7. The lowest BCUT2D eigenvalue weighted by Gasteiger charge is -2.30. The Morgan fingerprint density at radius 3 is 1.91 bits per heavy atom. The first-order valence-electron chi connectivity index (χ1n) is 19.4. The highest BCUT2D eigenvalue weighted by molar-refractivity contribution is 6.07. The third-order valence-corrected chi connectivity index (χ3v) is 11.3. The van der Waals surface area contributed by atoms with Crippen LogP contribution < -0.4 is 5.32 Å². The van der Waals surface area contributed by atoms with Crippen molar-refractivity contribution in [3.05, 3.63) is 66.6 Å². The summed E-state index contributed by atoms with van der Waals surface area (Å²) in [6.07, 6.45) is 8.18. The smallest absolute Gasteiger partial charge is 0.407 e. The number of esters is 1. The van der Waals surface area contributed by atoms with Gasteiger partial charge in [0.1, 0.15) is 17.7 Å². The molecule has 2 aliphatic rings. The Labute approximate surface area is 325 Å². The number of aromatic amines is 2. The van der Waals surface area contributed by atoms with E-state index in [1.54, 1.807) is 11.1 Å². The Morgan fingerprint density at radius 2 is 1.34 bits per heavy atom. The minimum atomic E-state index is -0.698. The normalized spacial score (nSPS) is 18.2. The number of pyridine rings is 1. The van der Waals surface area contributed by atoms with Gasteiger partial charge in [-0.3, -0.25) is 19.4 Å². The molecule has 0 aliphatic carbocycles. The number of benzene rings is 2. The largest absolute Gasteiger partial charge is 0.469 e. The molecule has 14 nitrogen and oxygen atoms in total. The summed E-state index contributed by atoms with van der Waals surface area (Å²) in [5.41, 5.74) is 4.40. The molecule has 0 radical (unpaired) electrons. The van der Waals surface area contributed by atoms with Crippen molar-refractivity contribution in [1.82, 2.24) is 40.0 Å². The third-order valence-electron chi connectivity index (χ3n) is 11.3. The number of ether oxygens (including phenoxy) is 2. The third kappa shape index (κ3) is 7.56. The van der Waals surface area contributed by atoms with Crippen molar-refractivity contribution in [3.63, 3.8) is 0 Å². The number of carbonyl (C=O) groups is 4. The van der Waals surface area contributed by atoms with E-state index in [9.17, 15) is 19.2 Å². The number of hydrogen-bond donors (Lipinski definition) is 3. The van der Waals surface area contributed by atoms with Gasteiger partial charge in [0.05, 0.1) is 67.9 Å². The van der Waals surface area contributed by atoms with Gasteiger partial charge < -0.3 is 34.6 Å². The van der Waals surface area contributed by atoms with Crippen LogP contribution in [0.25, 0.3) is 44.2 Å². The summed E-state index contributed by atoms with van der Waals surface area (Å²) >= 11 is 0. The van der Waals surface area contributed by atoms with E-state index in [0.717, 1.165) is 75.7 Å². The zero-order valence-electron chi connectivity index (χ0n) is 32.8. The summed E-state index contributed by atoms with van der Waals surface area (Å²) in [7, 11) is 2.64. The second-order valence-electron chi connectivity index (χ2n) is 15.5. The number of imidazole rings is 2. The van der Waals surface area contributed by atoms with Crippen LogP contribution >= 0.6 is 0 Å². The van der Waals surface area contributed by atoms with Gasteiger partial charge >= 0.3 is 12.1 Å². The average molecular weight is 763 g/mol. The minimum Gasteiger partial charge on any atom is -0.469 e. The first-order valence-corrected chi connectivity index (χ1v) is 19.4. The van der Waals surface area contributed by atoms with Crippen molar-refractivity contribution >= 4 is 45.6 Å². The van der Waals surface area contributed by atoms with E-state index in [4.69, 9.17) is 24.4 Å². The summed E-state index contributed by atoms with van der Waals surface area (Å²) in [6.45, 7) is 8.92. The molecule has 0 saturated carbocycles. The molecule has 0 spiro atoms. The number of alkyl carbamates (subject to hydrolysis) is 1. The topological polar surface area (TPSA) is 175 Å². The number of amides is 3. The van der Waals surface area contributed by atoms with Gasteiger partial charge in [0.15, 0.2) is 0 Å². The zero-order valence-corrected chi connectivity index (χ0v) is 32.8. The summed E-state index contributed by atoms with van der Waals surface area (Å²) in [5, 5.41) is 5.76. The van der Waals surface area contributed by atoms with Gasteiger partial charge in [0.25, 0.3) is 0 Å². The van der Waals surface area contributed by atoms with Crippen LogP contribution in [0.4, 0.5) is 4.79 Å². The van der Waals surface area contributed by atoms with Crippen molar-refractivity contribution < 1.29 is 28.7 Å². The fourth-order valence-electron chi connectivity index (χ4n) is 8.15. The van der Waals surface area contributed by atoms with E-state index in [-0.39, 0.29) is 48.1 Å². The number of hydrogen-bond acceptors (Lipinski definition) is 9. The Balaban J connectivity index is 1.08. The predicted molar refractivity (Wildman–Crippen MR) is 211 cm³/mol. The lowest BCUT2D eigenvalue weighted by atomic mass is 9.91. The van der Waals surface area contributed by atoms with Crippen molar-refractivity contribution in [3.8, 4) is 22.5 Å². The molecular weight excluding hydrogens is 713 g/mol. The molecule has 3 N–H and O–H groups in total. The van der Waals surface area contributed by atoms with Crippen LogP contribution in [0.15, 0.2) is 55.0 Å². The first kappa shape index (κ1) is 38.5. The van der Waals surface area contributed by atoms with E-state index in [2.05, 4.69) is 39.6 Å². The number of rotatable bonds is 11. The molecule has 5 heterocycles. The molecule has 56 heavy (non-hydrogen) atoms. The lowest BCUT2D eigenvalue weighted by molar-refractivity contribution is -0.148. The molecule has 14 heteroatoms. The molecule has 2 aromatic carbocycles. The molecule has 294 valence electrons. The predicted octanol–water partition coefficient (Wildman–Crippen LogP) is 6.71. The van der Waals surface area contributed by atoms with Crippen molar-refractivity contribution in [2.24, 2.45) is 17.8 Å². The second-order valence-corrected chi connectivity index (χ2v) is 15.5. The van der Waals surface area contributed by atoms with Crippen molar-refractivity contribution in [1.29, 1.82) is 0 Å². The number of nitrogens with one attached hydrogen (secondary N) is 3. The Kier molecular flexibility index (Phi) is 11.1. The molecule has 0 bridgehead atoms. The molecule has 2 fully saturated rings. The van der Waals surface area contributed by atoms with Crippen molar-refractivity contribution in [2.75, 3.05) is 27.3 Å². The van der Waals surface area contributed by atoms with Crippen LogP contribution in [-0.2, 0) is 23.9 Å². The monoisotopic (exact) mass is 762 g/mol. The maximum Gasteiger partial charge on any atom is 0.407 e. The van der Waals surface area contributed by atoms with Crippen LogP contribution in [-0.4, -0.2) is 91.9 Å². The number of fused-ring (bicyclic) bond motifs is 3. The highest BCUT2D eigenvalue weighted by atomic mass is 16.5. The van der Waals surface area contributed by atoms with Crippen LogP contribution in [0, 0.1) is 17.8 Å². The van der Waals surface area contributed by atoms with E-state index in [1.807, 2.05) is 57.1 Å². The highest BCUT2D eigenvalue weighted by Crippen LogP contribution is 2.37. The van der Waals surface area contributed by atoms with Crippen LogP contribution in [0.3, 0.4) is 0 Å². The standard InChI is InChI=1S/C42H50N8O6/c1-23(2)30(19-36(51)55-5)40(52)49-15-7-9-34(49)38-44-21-32(46-38)25-11-13-28-27(17-25)20-43-31-18-26(12-14-29(28)31)33-22-45-39(47-33)35-10-8-16-50(35)41(53)37(24(3)4)48-42(54)56-6/h11-14,17-18,20-24,30,34-35,37H,7-10,15-16,19H2,1-6H3,(H,44,46)(H,45,47)(H,48,54)/t30-,34-,35-,37-/m0/s1. The summed E-state index contributed by atoms with van der Waals surface area (Å²) in [4.78, 5) is 76.2. The SMILES string of the molecule is COC(=O)C[C@H](C(=O)N1CCC[C@H]1c1ncc(-c2ccc3c(cnc4cc(-c5cnc([C@@H]6CCCN6C(=O)[C@@H](NC(=O)OC)C(C)C)[nH]5)ccc43)c2)[nH]1)C(C)C. The maximum atomic E-state index is 13.7. The van der Waals surface area contributed by atoms with Gasteiger partial charge in [-0.15, -0.1) is 0 Å². The van der Waals surface area contributed by atoms with Crippen LogP contribution in [0.1, 0.15) is 83.5 Å². The van der Waals surface area contributed by atoms with Crippen LogP contribution in [0.2, 0.25) is 0 Å². The summed E-state index contributed by atoms with van der Waals surface area (Å²) in [6, 6.07) is 11.3. The first-order chi connectivity index (χ1) is 27.0. The molecule has 3 amide bonds. The quantitative estimate of drug-likeness (QED) is 0.0976. The maximum absolute atomic E-state index is 13.7. The molecule has 4 atom stereocenters. The molecule has 0 unspecified atom stereocenters. The number of likely N-dealkylation sites (tertiary alicyclic amines) is 2. The Bertz CT molecular complexity index is 2100. The van der Waals surface area contributed by atoms with Gasteiger partial charge in [-0.2, -0.15) is 0 Å². The fourth-order valence-corrected chi connectivity index (χ4v) is 8.15. The molecule has 2 saturated heterocycles. The molecule has 5 aromatic rings. The van der Waals surface area contributed by atoms with E-state index in [1.165, 1.54) is 14.2 Å². The average Bonchev–Trinajstić information content (AvgIpc) is 4.04. The van der Waals surface area contributed by atoms with E-state index in [0.29, 0.717) is 18.9 Å². The summed E-state index contributed by atoms with van der Waals surface area (Å²) in [5.74, 6) is 0.311. The van der Waals surface area contributed by atoms with Gasteiger partial charge in [0, 0.05) is 41.2 Å². The lowest BCUT2D eigenvalue weighted by Crippen LogP contribution is -2.51. The molecule has 7 rings (SSSR count). The van der Waals surface area contributed by atoms with Gasteiger partial charge in [-0.05, 0) is 55.0 Å². The number of carbonyl (C=O) groups excluding carboxylic acids is 4. The number of aromatic nitrogens is 5. The van der Waals surface area contributed by atoms with Crippen molar-refractivity contribution in [2.45, 2.75) is 77.9 Å². The van der Waals surface area contributed by atoms with Gasteiger partial charge in [-0.25, -0.2) is 14.8 Å². The fraction of sp³-hybridized carbons (Fsp3) is 0.452. The van der Waals surface area contributed by atoms with Gasteiger partial charge in [-0.1, -0.05) is 52.0 Å². The van der Waals surface area contributed by atoms with E-state index >= 15 is 0 Å². The summed E-state index contributed by atoms with van der Waals surface area (Å²) < 4.78 is 9.64. The molecular formula is C42H50N8O6. The van der Waals surface area contributed by atoms with E-state index < -0.39 is 18.1 Å².